The zero-order valence-electron chi connectivity index (χ0n) is 15.0. The molecule has 2 N–H and O–H groups in total. The van der Waals surface area contributed by atoms with Crippen LogP contribution < -0.4 is 11.0 Å². The van der Waals surface area contributed by atoms with Crippen molar-refractivity contribution in [2.45, 2.75) is 78.0 Å². The molecule has 0 aromatic carbocycles. The third-order valence-corrected chi connectivity index (χ3v) is 4.50. The number of nitrogens with one attached hydrogen (secondary N) is 1. The molecular weight excluding hydrogens is 308 g/mol. The molecule has 2 rings (SSSR count). The van der Waals surface area contributed by atoms with E-state index in [1.807, 2.05) is 0 Å². The third-order valence-electron chi connectivity index (χ3n) is 4.50. The van der Waals surface area contributed by atoms with E-state index in [0.717, 1.165) is 37.9 Å². The number of hydrogen-bond donors (Lipinski definition) is 2. The smallest absolute Gasteiger partial charge is 0.346 e. The second kappa shape index (κ2) is 7.96. The number of amides is 1. The van der Waals surface area contributed by atoms with Crippen molar-refractivity contribution in [2.75, 3.05) is 6.54 Å². The summed E-state index contributed by atoms with van der Waals surface area (Å²) in [6.45, 7) is 6.69. The summed E-state index contributed by atoms with van der Waals surface area (Å²) in [5.74, 6) is 0.983. The maximum absolute atomic E-state index is 12.3. The number of aryl methyl sites for hydroxylation is 1. The highest BCUT2D eigenvalue weighted by molar-refractivity contribution is 5.75. The molecule has 136 valence electrons. The van der Waals surface area contributed by atoms with Crippen molar-refractivity contribution in [1.82, 2.24) is 19.7 Å². The number of rotatable bonds is 7. The summed E-state index contributed by atoms with van der Waals surface area (Å²) < 4.78 is 2.91. The minimum atomic E-state index is -0.934. The lowest BCUT2D eigenvalue weighted by Gasteiger charge is -2.24. The van der Waals surface area contributed by atoms with Gasteiger partial charge in [0.1, 0.15) is 12.4 Å². The number of aliphatic hydroxyl groups is 1. The summed E-state index contributed by atoms with van der Waals surface area (Å²) in [5.41, 5.74) is -1.15. The van der Waals surface area contributed by atoms with Crippen molar-refractivity contribution in [1.29, 1.82) is 0 Å². The average molecular weight is 338 g/mol. The first-order chi connectivity index (χ1) is 11.3. The number of aromatic nitrogens is 3. The first-order valence-electron chi connectivity index (χ1n) is 8.94. The molecule has 7 heteroatoms. The van der Waals surface area contributed by atoms with Gasteiger partial charge in [0.2, 0.25) is 5.91 Å². The van der Waals surface area contributed by atoms with Crippen molar-refractivity contribution in [3.05, 3.63) is 16.3 Å². The van der Waals surface area contributed by atoms with E-state index in [-0.39, 0.29) is 24.7 Å². The molecule has 1 aromatic rings. The zero-order valence-corrected chi connectivity index (χ0v) is 15.0. The summed E-state index contributed by atoms with van der Waals surface area (Å²) in [6.07, 6.45) is 5.42. The lowest BCUT2D eigenvalue weighted by Crippen LogP contribution is -2.43. The maximum atomic E-state index is 12.3. The number of hydrogen-bond acceptors (Lipinski definition) is 4. The van der Waals surface area contributed by atoms with E-state index in [2.05, 4.69) is 24.3 Å². The van der Waals surface area contributed by atoms with Crippen LogP contribution in [0.15, 0.2) is 4.79 Å². The molecule has 1 unspecified atom stereocenters. The van der Waals surface area contributed by atoms with Crippen molar-refractivity contribution < 1.29 is 9.90 Å². The molecular formula is C17H30N4O3. The Balaban J connectivity index is 1.90. The highest BCUT2D eigenvalue weighted by atomic mass is 16.3. The molecule has 0 radical (unpaired) electrons. The fourth-order valence-corrected chi connectivity index (χ4v) is 2.90. The summed E-state index contributed by atoms with van der Waals surface area (Å²) in [6, 6.07) is 0. The Morgan fingerprint density at radius 3 is 2.83 bits per heavy atom. The minimum Gasteiger partial charge on any atom is -0.388 e. The van der Waals surface area contributed by atoms with Crippen LogP contribution in [0.4, 0.5) is 0 Å². The molecule has 0 saturated heterocycles. The lowest BCUT2D eigenvalue weighted by atomic mass is 9.95. The van der Waals surface area contributed by atoms with E-state index < -0.39 is 5.60 Å². The molecule has 1 aliphatic heterocycles. The molecule has 1 aliphatic rings. The molecule has 0 fully saturated rings. The minimum absolute atomic E-state index is 0.0981. The Bertz CT molecular complexity index is 616. The van der Waals surface area contributed by atoms with Crippen molar-refractivity contribution in [2.24, 2.45) is 5.92 Å². The second-order valence-corrected chi connectivity index (χ2v) is 7.52. The molecule has 1 atom stereocenters. The zero-order chi connectivity index (χ0) is 17.7. The molecule has 24 heavy (non-hydrogen) atoms. The van der Waals surface area contributed by atoms with Crippen LogP contribution in [0.2, 0.25) is 0 Å². The Morgan fingerprint density at radius 2 is 2.12 bits per heavy atom. The molecule has 0 aliphatic carbocycles. The van der Waals surface area contributed by atoms with Crippen LogP contribution in [0.25, 0.3) is 0 Å². The quantitative estimate of drug-likeness (QED) is 0.778. The van der Waals surface area contributed by atoms with Crippen LogP contribution in [0.3, 0.4) is 0 Å². The molecule has 0 bridgehead atoms. The van der Waals surface area contributed by atoms with Gasteiger partial charge in [-0.15, -0.1) is 0 Å². The van der Waals surface area contributed by atoms with Gasteiger partial charge in [-0.05, 0) is 38.5 Å². The highest BCUT2D eigenvalue weighted by Crippen LogP contribution is 2.15. The van der Waals surface area contributed by atoms with Crippen LogP contribution in [0.5, 0.6) is 0 Å². The first kappa shape index (κ1) is 18.7. The van der Waals surface area contributed by atoms with Crippen LogP contribution in [-0.2, 0) is 24.3 Å². The highest BCUT2D eigenvalue weighted by Gasteiger charge is 2.22. The van der Waals surface area contributed by atoms with E-state index in [1.54, 1.807) is 11.5 Å². The van der Waals surface area contributed by atoms with Gasteiger partial charge in [0.15, 0.2) is 0 Å². The predicted molar refractivity (Wildman–Crippen MR) is 91.7 cm³/mol. The van der Waals surface area contributed by atoms with Gasteiger partial charge in [-0.2, -0.15) is 5.10 Å². The van der Waals surface area contributed by atoms with Crippen LogP contribution in [-0.4, -0.2) is 37.5 Å². The molecule has 2 heterocycles. The molecule has 0 saturated carbocycles. The Labute approximate surface area is 143 Å². The van der Waals surface area contributed by atoms with Crippen LogP contribution >= 0.6 is 0 Å². The second-order valence-electron chi connectivity index (χ2n) is 7.52. The molecule has 7 nitrogen and oxygen atoms in total. The van der Waals surface area contributed by atoms with E-state index in [4.69, 9.17) is 0 Å². The predicted octanol–water partition coefficient (Wildman–Crippen LogP) is 1.07. The topological polar surface area (TPSA) is 89.2 Å². The van der Waals surface area contributed by atoms with Gasteiger partial charge in [-0.25, -0.2) is 9.48 Å². The standard InChI is InChI=1S/C17H30N4O3/c1-13(2)8-9-17(3,24)12-18-15(22)11-21-16(23)20-10-6-4-5-7-14(20)19-21/h13,24H,4-12H2,1-3H3,(H,18,22). The van der Waals surface area contributed by atoms with Gasteiger partial charge in [0, 0.05) is 19.5 Å². The van der Waals surface area contributed by atoms with Gasteiger partial charge in [-0.1, -0.05) is 20.3 Å². The number of carbonyl (C=O) groups excluding carboxylic acids is 1. The number of fused-ring (bicyclic) bond motifs is 1. The Kier molecular flexibility index (Phi) is 6.21. The summed E-state index contributed by atoms with van der Waals surface area (Å²) >= 11 is 0. The van der Waals surface area contributed by atoms with Crippen molar-refractivity contribution in [3.63, 3.8) is 0 Å². The molecule has 1 aromatic heterocycles. The number of carbonyl (C=O) groups is 1. The van der Waals surface area contributed by atoms with Gasteiger partial charge >= 0.3 is 5.69 Å². The van der Waals surface area contributed by atoms with E-state index >= 15 is 0 Å². The largest absolute Gasteiger partial charge is 0.388 e. The third kappa shape index (κ3) is 5.19. The average Bonchev–Trinajstić information content (AvgIpc) is 2.68. The van der Waals surface area contributed by atoms with E-state index in [0.29, 0.717) is 18.9 Å². The van der Waals surface area contributed by atoms with Crippen molar-refractivity contribution >= 4 is 5.91 Å². The summed E-state index contributed by atoms with van der Waals surface area (Å²) in [4.78, 5) is 24.4. The Morgan fingerprint density at radius 1 is 1.38 bits per heavy atom. The Hall–Kier alpha value is -1.63. The van der Waals surface area contributed by atoms with Gasteiger partial charge in [0.25, 0.3) is 0 Å². The fraction of sp³-hybridized carbons (Fsp3) is 0.824. The maximum Gasteiger partial charge on any atom is 0.346 e. The van der Waals surface area contributed by atoms with Gasteiger partial charge < -0.3 is 10.4 Å². The van der Waals surface area contributed by atoms with Crippen LogP contribution in [0.1, 0.15) is 58.7 Å². The fourth-order valence-electron chi connectivity index (χ4n) is 2.90. The molecule has 1 amide bonds. The normalized spacial score (nSPS) is 17.2. The monoisotopic (exact) mass is 338 g/mol. The SMILES string of the molecule is CC(C)CCC(C)(O)CNC(=O)Cn1nc2n(c1=O)CCCCC2. The van der Waals surface area contributed by atoms with Crippen molar-refractivity contribution in [3.8, 4) is 0 Å². The number of nitrogens with zero attached hydrogens (tertiary/aromatic N) is 3. The van der Waals surface area contributed by atoms with E-state index in [1.165, 1.54) is 4.68 Å². The van der Waals surface area contributed by atoms with Gasteiger partial charge in [-0.3, -0.25) is 9.36 Å². The summed E-state index contributed by atoms with van der Waals surface area (Å²) in [7, 11) is 0. The van der Waals surface area contributed by atoms with Crippen LogP contribution in [0, 0.1) is 5.92 Å². The lowest BCUT2D eigenvalue weighted by molar-refractivity contribution is -0.123. The molecule has 0 spiro atoms. The van der Waals surface area contributed by atoms with E-state index in [9.17, 15) is 14.7 Å². The van der Waals surface area contributed by atoms with Gasteiger partial charge in [0.05, 0.1) is 5.60 Å². The first-order valence-corrected chi connectivity index (χ1v) is 8.94. The summed E-state index contributed by atoms with van der Waals surface area (Å²) in [5, 5.41) is 17.3.